The summed E-state index contributed by atoms with van der Waals surface area (Å²) in [5, 5.41) is 2.80. The van der Waals surface area contributed by atoms with E-state index in [0.717, 1.165) is 25.8 Å². The molecule has 5 nitrogen and oxygen atoms in total. The third kappa shape index (κ3) is 4.34. The Morgan fingerprint density at radius 3 is 2.82 bits per heavy atom. The van der Waals surface area contributed by atoms with Gasteiger partial charge >= 0.3 is 0 Å². The van der Waals surface area contributed by atoms with Gasteiger partial charge in [-0.3, -0.25) is 9.59 Å². The average molecular weight is 241 g/mol. The van der Waals surface area contributed by atoms with E-state index in [-0.39, 0.29) is 17.9 Å². The molecule has 1 aliphatic rings. The quantitative estimate of drug-likeness (QED) is 0.692. The van der Waals surface area contributed by atoms with Crippen molar-refractivity contribution in [3.8, 4) is 0 Å². The molecule has 5 heteroatoms. The summed E-state index contributed by atoms with van der Waals surface area (Å²) in [4.78, 5) is 24.9. The lowest BCUT2D eigenvalue weighted by atomic mass is 10.0. The van der Waals surface area contributed by atoms with Crippen LogP contribution >= 0.6 is 0 Å². The highest BCUT2D eigenvalue weighted by Gasteiger charge is 2.29. The summed E-state index contributed by atoms with van der Waals surface area (Å²) in [5.41, 5.74) is 5.45. The molecule has 0 spiro atoms. The molecule has 1 fully saturated rings. The van der Waals surface area contributed by atoms with Gasteiger partial charge in [-0.1, -0.05) is 6.92 Å². The number of rotatable bonds is 6. The monoisotopic (exact) mass is 241 g/mol. The van der Waals surface area contributed by atoms with E-state index in [0.29, 0.717) is 18.9 Å². The predicted octanol–water partition coefficient (Wildman–Crippen LogP) is 0.0984. The molecule has 0 bridgehead atoms. The Labute approximate surface area is 103 Å². The van der Waals surface area contributed by atoms with Crippen molar-refractivity contribution in [2.45, 2.75) is 38.6 Å². The average Bonchev–Trinajstić information content (AvgIpc) is 2.59. The summed E-state index contributed by atoms with van der Waals surface area (Å²) in [6.45, 7) is 3.48. The van der Waals surface area contributed by atoms with Crippen LogP contribution in [0.2, 0.25) is 0 Å². The van der Waals surface area contributed by atoms with Gasteiger partial charge in [0.05, 0.1) is 0 Å². The minimum atomic E-state index is -0.308. The lowest BCUT2D eigenvalue weighted by Gasteiger charge is -2.13. The summed E-state index contributed by atoms with van der Waals surface area (Å²) in [7, 11) is 1.76. The van der Waals surface area contributed by atoms with Crippen LogP contribution in [0.4, 0.5) is 0 Å². The van der Waals surface area contributed by atoms with Crippen molar-refractivity contribution < 1.29 is 9.59 Å². The lowest BCUT2D eigenvalue weighted by molar-refractivity contribution is -0.131. The van der Waals surface area contributed by atoms with Crippen LogP contribution in [-0.4, -0.2) is 42.9 Å². The highest BCUT2D eigenvalue weighted by Crippen LogP contribution is 2.11. The molecule has 0 aliphatic carbocycles. The number of likely N-dealkylation sites (tertiary alicyclic amines) is 1. The first kappa shape index (κ1) is 14.0. The summed E-state index contributed by atoms with van der Waals surface area (Å²) < 4.78 is 0. The van der Waals surface area contributed by atoms with Gasteiger partial charge in [0.1, 0.15) is 6.04 Å². The number of nitrogens with zero attached hydrogens (tertiary/aromatic N) is 1. The second-order valence-electron chi connectivity index (χ2n) is 4.89. The molecule has 3 N–H and O–H groups in total. The smallest absolute Gasteiger partial charge is 0.244 e. The standard InChI is InChI=1S/C12H23N3O2/c1-9(5-7-13)3-4-11(16)14-10-6-8-15(2)12(10)17/h9-10H,3-8,13H2,1-2H3,(H,14,16). The van der Waals surface area contributed by atoms with E-state index in [4.69, 9.17) is 5.73 Å². The molecule has 98 valence electrons. The Hall–Kier alpha value is -1.10. The first-order valence-electron chi connectivity index (χ1n) is 6.29. The van der Waals surface area contributed by atoms with Gasteiger partial charge in [-0.2, -0.15) is 0 Å². The fourth-order valence-electron chi connectivity index (χ4n) is 2.03. The van der Waals surface area contributed by atoms with Gasteiger partial charge in [-0.25, -0.2) is 0 Å². The highest BCUT2D eigenvalue weighted by atomic mass is 16.2. The van der Waals surface area contributed by atoms with Crippen LogP contribution in [0.25, 0.3) is 0 Å². The van der Waals surface area contributed by atoms with Gasteiger partial charge in [0.2, 0.25) is 11.8 Å². The molecule has 2 unspecified atom stereocenters. The van der Waals surface area contributed by atoms with Gasteiger partial charge in [-0.15, -0.1) is 0 Å². The van der Waals surface area contributed by atoms with Gasteiger partial charge < -0.3 is 16.0 Å². The van der Waals surface area contributed by atoms with Crippen molar-refractivity contribution in [2.75, 3.05) is 20.1 Å². The minimum Gasteiger partial charge on any atom is -0.344 e. The lowest BCUT2D eigenvalue weighted by Crippen LogP contribution is -2.40. The Morgan fingerprint density at radius 1 is 1.59 bits per heavy atom. The molecule has 0 aromatic heterocycles. The van der Waals surface area contributed by atoms with E-state index in [1.807, 2.05) is 0 Å². The summed E-state index contributed by atoms with van der Waals surface area (Å²) in [6, 6.07) is -0.308. The summed E-state index contributed by atoms with van der Waals surface area (Å²) >= 11 is 0. The van der Waals surface area contributed by atoms with Gasteiger partial charge in [-0.05, 0) is 31.7 Å². The maximum absolute atomic E-state index is 11.6. The van der Waals surface area contributed by atoms with Crippen molar-refractivity contribution in [1.29, 1.82) is 0 Å². The SMILES string of the molecule is CC(CCN)CCC(=O)NC1CCN(C)C1=O. The first-order valence-corrected chi connectivity index (χ1v) is 6.29. The van der Waals surface area contributed by atoms with E-state index in [9.17, 15) is 9.59 Å². The number of nitrogens with one attached hydrogen (secondary N) is 1. The zero-order valence-corrected chi connectivity index (χ0v) is 10.7. The fraction of sp³-hybridized carbons (Fsp3) is 0.833. The molecule has 1 aliphatic heterocycles. The molecule has 1 heterocycles. The normalized spacial score (nSPS) is 21.7. The summed E-state index contributed by atoms with van der Waals surface area (Å²) in [6.07, 6.45) is 2.98. The topological polar surface area (TPSA) is 75.4 Å². The second-order valence-corrected chi connectivity index (χ2v) is 4.89. The maximum atomic E-state index is 11.6. The number of nitrogens with two attached hydrogens (primary N) is 1. The third-order valence-electron chi connectivity index (χ3n) is 3.29. The van der Waals surface area contributed by atoms with Crippen LogP contribution in [0.1, 0.15) is 32.6 Å². The first-order chi connectivity index (χ1) is 8.04. The van der Waals surface area contributed by atoms with Crippen molar-refractivity contribution in [3.05, 3.63) is 0 Å². The molecule has 17 heavy (non-hydrogen) atoms. The van der Waals surface area contributed by atoms with Crippen LogP contribution in [-0.2, 0) is 9.59 Å². The van der Waals surface area contributed by atoms with Crippen LogP contribution < -0.4 is 11.1 Å². The summed E-state index contributed by atoms with van der Waals surface area (Å²) in [5.74, 6) is 0.462. The second kappa shape index (κ2) is 6.59. The van der Waals surface area contributed by atoms with Crippen molar-refractivity contribution in [1.82, 2.24) is 10.2 Å². The fourth-order valence-corrected chi connectivity index (χ4v) is 2.03. The number of carbonyl (C=O) groups is 2. The van der Waals surface area contributed by atoms with E-state index in [1.54, 1.807) is 11.9 Å². The molecular weight excluding hydrogens is 218 g/mol. The maximum Gasteiger partial charge on any atom is 0.244 e. The molecule has 0 aromatic carbocycles. The number of hydrogen-bond donors (Lipinski definition) is 2. The number of amides is 2. The zero-order valence-electron chi connectivity index (χ0n) is 10.7. The van der Waals surface area contributed by atoms with Gasteiger partial charge in [0, 0.05) is 20.0 Å². The van der Waals surface area contributed by atoms with Gasteiger partial charge in [0.25, 0.3) is 0 Å². The Morgan fingerprint density at radius 2 is 2.29 bits per heavy atom. The number of likely N-dealkylation sites (N-methyl/N-ethyl adjacent to an activating group) is 1. The number of carbonyl (C=O) groups excluding carboxylic acids is 2. The number of hydrogen-bond acceptors (Lipinski definition) is 3. The van der Waals surface area contributed by atoms with Crippen LogP contribution in [0, 0.1) is 5.92 Å². The molecule has 0 aromatic rings. The van der Waals surface area contributed by atoms with Crippen molar-refractivity contribution in [2.24, 2.45) is 11.7 Å². The molecule has 1 rings (SSSR count). The van der Waals surface area contributed by atoms with Crippen molar-refractivity contribution >= 4 is 11.8 Å². The largest absolute Gasteiger partial charge is 0.344 e. The molecule has 0 saturated carbocycles. The van der Waals surface area contributed by atoms with E-state index >= 15 is 0 Å². The molecule has 0 radical (unpaired) electrons. The third-order valence-corrected chi connectivity index (χ3v) is 3.29. The van der Waals surface area contributed by atoms with Gasteiger partial charge in [0.15, 0.2) is 0 Å². The zero-order chi connectivity index (χ0) is 12.8. The Balaban J connectivity index is 2.23. The molecular formula is C12H23N3O2. The van der Waals surface area contributed by atoms with E-state index in [1.165, 1.54) is 0 Å². The van der Waals surface area contributed by atoms with E-state index in [2.05, 4.69) is 12.2 Å². The van der Waals surface area contributed by atoms with Crippen LogP contribution in [0.3, 0.4) is 0 Å². The Kier molecular flexibility index (Phi) is 5.41. The van der Waals surface area contributed by atoms with Crippen LogP contribution in [0.15, 0.2) is 0 Å². The molecule has 2 atom stereocenters. The predicted molar refractivity (Wildman–Crippen MR) is 66.3 cm³/mol. The molecule has 2 amide bonds. The van der Waals surface area contributed by atoms with Crippen LogP contribution in [0.5, 0.6) is 0 Å². The highest BCUT2D eigenvalue weighted by molar-refractivity contribution is 5.88. The van der Waals surface area contributed by atoms with Crippen molar-refractivity contribution in [3.63, 3.8) is 0 Å². The van der Waals surface area contributed by atoms with E-state index < -0.39 is 0 Å². The minimum absolute atomic E-state index is 0.0216. The Bertz CT molecular complexity index is 281. The molecule has 1 saturated heterocycles.